The molecule has 1 atom stereocenters. The van der Waals surface area contributed by atoms with Crippen LogP contribution in [0, 0.1) is 18.3 Å². The van der Waals surface area contributed by atoms with Gasteiger partial charge in [-0.25, -0.2) is 0 Å². The first-order valence-corrected chi connectivity index (χ1v) is 7.44. The van der Waals surface area contributed by atoms with Crippen molar-refractivity contribution >= 4 is 23.5 Å². The fourth-order valence-corrected chi connectivity index (χ4v) is 2.98. The van der Waals surface area contributed by atoms with E-state index in [2.05, 4.69) is 0 Å². The van der Waals surface area contributed by atoms with Crippen molar-refractivity contribution in [1.82, 2.24) is 4.90 Å². The molecule has 0 aromatic heterocycles. The number of halogens is 1. The summed E-state index contributed by atoms with van der Waals surface area (Å²) in [7, 11) is 0. The molecular formula is C16H20ClNO3. The van der Waals surface area contributed by atoms with E-state index in [-0.39, 0.29) is 18.4 Å². The first-order valence-electron chi connectivity index (χ1n) is 7.07. The number of carbonyl (C=O) groups is 2. The van der Waals surface area contributed by atoms with Gasteiger partial charge in [0.25, 0.3) is 5.91 Å². The number of benzene rings is 1. The van der Waals surface area contributed by atoms with Crippen molar-refractivity contribution in [3.05, 3.63) is 34.3 Å². The quantitative estimate of drug-likeness (QED) is 0.932. The first kappa shape index (κ1) is 15.8. The van der Waals surface area contributed by atoms with Crippen molar-refractivity contribution in [2.24, 2.45) is 11.3 Å². The second-order valence-electron chi connectivity index (χ2n) is 6.06. The second-order valence-corrected chi connectivity index (χ2v) is 6.46. The molecule has 114 valence electrons. The summed E-state index contributed by atoms with van der Waals surface area (Å²) in [6, 6.07) is 5.14. The molecule has 0 radical (unpaired) electrons. The molecule has 1 heterocycles. The number of carbonyl (C=O) groups excluding carboxylic acids is 1. The molecule has 0 spiro atoms. The zero-order valence-corrected chi connectivity index (χ0v) is 13.3. The number of rotatable bonds is 3. The lowest BCUT2D eigenvalue weighted by Gasteiger charge is -2.28. The van der Waals surface area contributed by atoms with E-state index in [0.717, 1.165) is 5.56 Å². The van der Waals surface area contributed by atoms with Gasteiger partial charge in [0, 0.05) is 23.7 Å². The minimum absolute atomic E-state index is 0.0141. The van der Waals surface area contributed by atoms with Crippen LogP contribution in [0.3, 0.4) is 0 Å². The number of aliphatic carboxylic acids is 1. The highest BCUT2D eigenvalue weighted by molar-refractivity contribution is 6.31. The minimum atomic E-state index is -0.836. The van der Waals surface area contributed by atoms with Gasteiger partial charge < -0.3 is 10.0 Å². The maximum Gasteiger partial charge on any atom is 0.311 e. The second kappa shape index (κ2) is 5.68. The van der Waals surface area contributed by atoms with Gasteiger partial charge >= 0.3 is 5.97 Å². The Bertz CT molecular complexity index is 585. The summed E-state index contributed by atoms with van der Waals surface area (Å²) < 4.78 is 0. The van der Waals surface area contributed by atoms with Crippen molar-refractivity contribution in [2.75, 3.05) is 13.1 Å². The molecule has 1 aromatic rings. The van der Waals surface area contributed by atoms with Crippen LogP contribution < -0.4 is 0 Å². The number of likely N-dealkylation sites (tertiary alicyclic amines) is 1. The average molecular weight is 310 g/mol. The summed E-state index contributed by atoms with van der Waals surface area (Å²) in [5, 5.41) is 10.1. The van der Waals surface area contributed by atoms with Crippen LogP contribution in [0.5, 0.6) is 0 Å². The number of hydrogen-bond donors (Lipinski definition) is 1. The lowest BCUT2D eigenvalue weighted by molar-refractivity contribution is -0.150. The van der Waals surface area contributed by atoms with Gasteiger partial charge in [0.2, 0.25) is 0 Å². The average Bonchev–Trinajstić information content (AvgIpc) is 2.87. The normalized spacial score (nSPS) is 21.9. The van der Waals surface area contributed by atoms with Crippen molar-refractivity contribution < 1.29 is 14.7 Å². The molecule has 1 aromatic carbocycles. The number of aryl methyl sites for hydroxylation is 1. The van der Waals surface area contributed by atoms with Gasteiger partial charge in [-0.3, -0.25) is 9.59 Å². The Balaban J connectivity index is 2.22. The van der Waals surface area contributed by atoms with Gasteiger partial charge in [0.05, 0.1) is 5.41 Å². The zero-order chi connectivity index (χ0) is 15.8. The number of carboxylic acid groups (broad SMARTS) is 1. The Labute approximate surface area is 129 Å². The lowest BCUT2D eigenvalue weighted by atomic mass is 9.76. The van der Waals surface area contributed by atoms with Crippen LogP contribution in [-0.2, 0) is 4.79 Å². The first-order chi connectivity index (χ1) is 9.78. The smallest absolute Gasteiger partial charge is 0.311 e. The number of amides is 1. The van der Waals surface area contributed by atoms with E-state index in [4.69, 9.17) is 11.6 Å². The molecule has 1 fully saturated rings. The van der Waals surface area contributed by atoms with Gasteiger partial charge in [-0.05, 0) is 43.0 Å². The lowest BCUT2D eigenvalue weighted by Crippen LogP contribution is -2.40. The molecule has 1 aliphatic heterocycles. The molecule has 0 bridgehead atoms. The number of carboxylic acids is 1. The predicted molar refractivity (Wildman–Crippen MR) is 81.6 cm³/mol. The van der Waals surface area contributed by atoms with E-state index in [1.54, 1.807) is 23.1 Å². The molecule has 1 unspecified atom stereocenters. The van der Waals surface area contributed by atoms with E-state index in [0.29, 0.717) is 23.6 Å². The summed E-state index contributed by atoms with van der Waals surface area (Å²) >= 11 is 5.97. The third kappa shape index (κ3) is 2.77. The summed E-state index contributed by atoms with van der Waals surface area (Å²) in [6.07, 6.45) is 0.498. The Hall–Kier alpha value is -1.55. The number of nitrogens with zero attached hydrogens (tertiary/aromatic N) is 1. The molecule has 1 amide bonds. The molecule has 21 heavy (non-hydrogen) atoms. The maximum atomic E-state index is 12.5. The Morgan fingerprint density at radius 1 is 1.38 bits per heavy atom. The maximum absolute atomic E-state index is 12.5. The monoisotopic (exact) mass is 309 g/mol. The van der Waals surface area contributed by atoms with Gasteiger partial charge in [0.1, 0.15) is 0 Å². The summed E-state index contributed by atoms with van der Waals surface area (Å²) in [4.78, 5) is 25.8. The third-order valence-electron chi connectivity index (χ3n) is 4.52. The van der Waals surface area contributed by atoms with Crippen LogP contribution in [0.15, 0.2) is 18.2 Å². The van der Waals surface area contributed by atoms with E-state index >= 15 is 0 Å². The van der Waals surface area contributed by atoms with Gasteiger partial charge in [-0.15, -0.1) is 0 Å². The summed E-state index contributed by atoms with van der Waals surface area (Å²) in [5.74, 6) is -0.960. The molecule has 0 saturated carbocycles. The third-order valence-corrected chi connectivity index (χ3v) is 4.95. The zero-order valence-electron chi connectivity index (χ0n) is 12.5. The van der Waals surface area contributed by atoms with Crippen LogP contribution in [0.25, 0.3) is 0 Å². The predicted octanol–water partition coefficient (Wildman–Crippen LogP) is 3.22. The minimum Gasteiger partial charge on any atom is -0.481 e. The molecule has 1 saturated heterocycles. The molecule has 1 N–H and O–H groups in total. The summed E-state index contributed by atoms with van der Waals surface area (Å²) in [5.41, 5.74) is 0.564. The fourth-order valence-electron chi connectivity index (χ4n) is 2.86. The van der Waals surface area contributed by atoms with Crippen LogP contribution in [0.2, 0.25) is 5.02 Å². The molecule has 5 heteroatoms. The van der Waals surface area contributed by atoms with Crippen molar-refractivity contribution in [2.45, 2.75) is 27.2 Å². The fraction of sp³-hybridized carbons (Fsp3) is 0.500. The van der Waals surface area contributed by atoms with Crippen molar-refractivity contribution in [3.63, 3.8) is 0 Å². The van der Waals surface area contributed by atoms with Crippen molar-refractivity contribution in [1.29, 1.82) is 0 Å². The molecule has 1 aliphatic rings. The Morgan fingerprint density at radius 3 is 2.52 bits per heavy atom. The standard InChI is InChI=1S/C16H20ClNO3/c1-10(2)16(15(20)21)6-7-18(9-16)14(19)12-4-5-13(17)11(3)8-12/h4-5,8,10H,6-7,9H2,1-3H3,(H,20,21). The highest BCUT2D eigenvalue weighted by atomic mass is 35.5. The molecule has 4 nitrogen and oxygen atoms in total. The topological polar surface area (TPSA) is 57.6 Å². The summed E-state index contributed by atoms with van der Waals surface area (Å²) in [6.45, 7) is 6.38. The van der Waals surface area contributed by atoms with E-state index < -0.39 is 11.4 Å². The SMILES string of the molecule is Cc1cc(C(=O)N2CCC(C(=O)O)(C(C)C)C2)ccc1Cl. The van der Waals surface area contributed by atoms with E-state index in [1.165, 1.54) is 0 Å². The highest BCUT2D eigenvalue weighted by Crippen LogP contribution is 2.38. The van der Waals surface area contributed by atoms with Gasteiger partial charge in [-0.2, -0.15) is 0 Å². The number of hydrogen-bond acceptors (Lipinski definition) is 2. The van der Waals surface area contributed by atoms with Crippen LogP contribution in [0.1, 0.15) is 36.2 Å². The van der Waals surface area contributed by atoms with Gasteiger partial charge in [-0.1, -0.05) is 25.4 Å². The molecular weight excluding hydrogens is 290 g/mol. The van der Waals surface area contributed by atoms with E-state index in [9.17, 15) is 14.7 Å². The largest absolute Gasteiger partial charge is 0.481 e. The van der Waals surface area contributed by atoms with Crippen LogP contribution >= 0.6 is 11.6 Å². The van der Waals surface area contributed by atoms with Gasteiger partial charge in [0.15, 0.2) is 0 Å². The van der Waals surface area contributed by atoms with Crippen LogP contribution in [-0.4, -0.2) is 35.0 Å². The molecule has 0 aliphatic carbocycles. The van der Waals surface area contributed by atoms with Crippen molar-refractivity contribution in [3.8, 4) is 0 Å². The highest BCUT2D eigenvalue weighted by Gasteiger charge is 2.48. The Kier molecular flexibility index (Phi) is 4.28. The molecule has 2 rings (SSSR count). The van der Waals surface area contributed by atoms with Crippen LogP contribution in [0.4, 0.5) is 0 Å². The van der Waals surface area contributed by atoms with E-state index in [1.807, 2.05) is 20.8 Å². The Morgan fingerprint density at radius 2 is 2.05 bits per heavy atom.